The van der Waals surface area contributed by atoms with Gasteiger partial charge in [-0.25, -0.2) is 24.3 Å². The Hall–Kier alpha value is -5.44. The van der Waals surface area contributed by atoms with Crippen LogP contribution in [0.3, 0.4) is 0 Å². The molecular weight excluding hydrogens is 898 g/mol. The molecule has 0 bridgehead atoms. The number of halogens is 2. The molecule has 5 heterocycles. The van der Waals surface area contributed by atoms with E-state index in [4.69, 9.17) is 32.7 Å². The van der Waals surface area contributed by atoms with E-state index in [1.807, 2.05) is 57.5 Å². The van der Waals surface area contributed by atoms with Crippen molar-refractivity contribution in [2.24, 2.45) is 5.41 Å². The SMILES string of the molecule is COC(C)c1c(NC(=O)Nc2cc(Cl)cnc2OCCNCCCCC(=O)NC(C(=O)N2C[C@H](O)C[C@H]2C(=O)NCc2ccc(-c3scnc3C)cc2)C(C)(C)C)cnc2cc(Cl)nn12. The van der Waals surface area contributed by atoms with E-state index in [0.717, 1.165) is 21.7 Å². The second-order valence-corrected chi connectivity index (χ2v) is 18.4. The van der Waals surface area contributed by atoms with Crippen LogP contribution >= 0.6 is 34.5 Å². The number of rotatable bonds is 19. The maximum Gasteiger partial charge on any atom is 0.323 e. The van der Waals surface area contributed by atoms with Crippen LogP contribution in [0.5, 0.6) is 5.88 Å². The van der Waals surface area contributed by atoms with E-state index in [0.29, 0.717) is 43.0 Å². The van der Waals surface area contributed by atoms with Gasteiger partial charge in [-0.15, -0.1) is 11.3 Å². The average molecular weight is 953 g/mol. The highest BCUT2D eigenvalue weighted by molar-refractivity contribution is 7.13. The zero-order valence-corrected chi connectivity index (χ0v) is 39.4. The maximum absolute atomic E-state index is 14.0. The molecule has 6 N–H and O–H groups in total. The number of β-amino-alcohol motifs (C(OH)–C–C–N with tert-alkyl or cyclic N) is 1. The number of aromatic nitrogens is 5. The highest BCUT2D eigenvalue weighted by Gasteiger charge is 2.44. The van der Waals surface area contributed by atoms with Crippen molar-refractivity contribution < 1.29 is 33.8 Å². The number of nitrogens with zero attached hydrogens (tertiary/aromatic N) is 6. The second-order valence-electron chi connectivity index (χ2n) is 16.8. The van der Waals surface area contributed by atoms with Crippen LogP contribution in [0.2, 0.25) is 10.2 Å². The van der Waals surface area contributed by atoms with Gasteiger partial charge < -0.3 is 46.1 Å². The van der Waals surface area contributed by atoms with Gasteiger partial charge in [-0.2, -0.15) is 5.10 Å². The number of benzene rings is 1. The second kappa shape index (κ2) is 22.2. The van der Waals surface area contributed by atoms with Crippen LogP contribution in [-0.4, -0.2) is 110 Å². The number of carbonyl (C=O) groups excluding carboxylic acids is 4. The van der Waals surface area contributed by atoms with Gasteiger partial charge >= 0.3 is 6.03 Å². The molecule has 2 unspecified atom stereocenters. The fourth-order valence-electron chi connectivity index (χ4n) is 7.32. The monoisotopic (exact) mass is 951 g/mol. The van der Waals surface area contributed by atoms with Gasteiger partial charge in [0.05, 0.1) is 50.9 Å². The Kier molecular flexibility index (Phi) is 16.7. The molecule has 348 valence electrons. The Bertz CT molecular complexity index is 2460. The largest absolute Gasteiger partial charge is 0.475 e. The van der Waals surface area contributed by atoms with Gasteiger partial charge in [-0.3, -0.25) is 14.4 Å². The number of likely N-dealkylation sites (tertiary alicyclic amines) is 1. The summed E-state index contributed by atoms with van der Waals surface area (Å²) >= 11 is 13.9. The molecule has 1 fully saturated rings. The molecule has 4 atom stereocenters. The van der Waals surface area contributed by atoms with Gasteiger partial charge in [0.15, 0.2) is 10.8 Å². The number of aliphatic hydroxyl groups excluding tert-OH is 1. The van der Waals surface area contributed by atoms with E-state index >= 15 is 0 Å². The van der Waals surface area contributed by atoms with Crippen molar-refractivity contribution in [3.05, 3.63) is 81.4 Å². The highest BCUT2D eigenvalue weighted by Crippen LogP contribution is 2.30. The normalized spacial score (nSPS) is 16.0. The van der Waals surface area contributed by atoms with Crippen LogP contribution in [0.25, 0.3) is 16.1 Å². The third kappa shape index (κ3) is 12.9. The topological polar surface area (TPSA) is 226 Å². The lowest BCUT2D eigenvalue weighted by molar-refractivity contribution is -0.144. The molecule has 0 spiro atoms. The number of nitrogens with one attached hydrogen (secondary N) is 5. The molecule has 6 rings (SSSR count). The number of pyridine rings is 1. The molecule has 5 amide bonds. The Labute approximate surface area is 391 Å². The number of aryl methyl sites for hydroxylation is 1. The molecular formula is C44H55Cl2N11O7S. The van der Waals surface area contributed by atoms with Crippen molar-refractivity contribution in [2.45, 2.75) is 91.1 Å². The average Bonchev–Trinajstić information content (AvgIpc) is 3.99. The number of methoxy groups -OCH3 is 1. The summed E-state index contributed by atoms with van der Waals surface area (Å²) in [5, 5.41) is 30.0. The van der Waals surface area contributed by atoms with E-state index in [2.05, 4.69) is 46.6 Å². The fourth-order valence-corrected chi connectivity index (χ4v) is 8.47. The van der Waals surface area contributed by atoms with Crippen LogP contribution in [0.15, 0.2) is 54.3 Å². The van der Waals surface area contributed by atoms with Crippen LogP contribution in [0.4, 0.5) is 16.2 Å². The summed E-state index contributed by atoms with van der Waals surface area (Å²) in [4.78, 5) is 69.2. The molecule has 18 nitrogen and oxygen atoms in total. The number of aliphatic hydroxyl groups is 1. The van der Waals surface area contributed by atoms with E-state index in [1.165, 1.54) is 35.0 Å². The zero-order valence-electron chi connectivity index (χ0n) is 37.1. The lowest BCUT2D eigenvalue weighted by Crippen LogP contribution is -2.57. The number of hydrogen-bond acceptors (Lipinski definition) is 13. The van der Waals surface area contributed by atoms with Crippen molar-refractivity contribution in [2.75, 3.05) is 44.0 Å². The molecule has 5 aromatic rings. The first-order valence-electron chi connectivity index (χ1n) is 21.2. The zero-order chi connectivity index (χ0) is 46.8. The number of thiazole rings is 1. The Morgan fingerprint density at radius 1 is 1.00 bits per heavy atom. The maximum atomic E-state index is 14.0. The van der Waals surface area contributed by atoms with Crippen LogP contribution < -0.4 is 31.3 Å². The summed E-state index contributed by atoms with van der Waals surface area (Å²) in [6, 6.07) is 8.57. The summed E-state index contributed by atoms with van der Waals surface area (Å²) < 4.78 is 12.9. The summed E-state index contributed by atoms with van der Waals surface area (Å²) in [6.45, 7) is 10.8. The van der Waals surface area contributed by atoms with Crippen molar-refractivity contribution in [1.29, 1.82) is 0 Å². The molecule has 1 aromatic carbocycles. The lowest BCUT2D eigenvalue weighted by Gasteiger charge is -2.35. The van der Waals surface area contributed by atoms with E-state index < -0.39 is 41.6 Å². The number of carbonyl (C=O) groups is 4. The Morgan fingerprint density at radius 3 is 2.46 bits per heavy atom. The minimum atomic E-state index is -0.916. The van der Waals surface area contributed by atoms with Gasteiger partial charge in [-0.1, -0.05) is 68.2 Å². The number of hydrogen-bond donors (Lipinski definition) is 6. The number of unbranched alkanes of at least 4 members (excludes halogenated alkanes) is 1. The van der Waals surface area contributed by atoms with E-state index in [-0.39, 0.29) is 66.1 Å². The first-order chi connectivity index (χ1) is 31.0. The first kappa shape index (κ1) is 49.0. The smallest absolute Gasteiger partial charge is 0.323 e. The quantitative estimate of drug-likeness (QED) is 0.0512. The van der Waals surface area contributed by atoms with Crippen LogP contribution in [0, 0.1) is 12.3 Å². The predicted octanol–water partition coefficient (Wildman–Crippen LogP) is 6.16. The highest BCUT2D eigenvalue weighted by atomic mass is 35.5. The predicted molar refractivity (Wildman–Crippen MR) is 249 cm³/mol. The molecule has 4 aromatic heterocycles. The van der Waals surface area contributed by atoms with Crippen LogP contribution in [-0.2, 0) is 25.7 Å². The van der Waals surface area contributed by atoms with Gasteiger partial charge in [-0.05, 0) is 55.8 Å². The molecule has 0 radical (unpaired) electrons. The van der Waals surface area contributed by atoms with Crippen molar-refractivity contribution in [3.63, 3.8) is 0 Å². The number of fused-ring (bicyclic) bond motifs is 1. The third-order valence-corrected chi connectivity index (χ3v) is 12.1. The van der Waals surface area contributed by atoms with Crippen molar-refractivity contribution in [3.8, 4) is 16.3 Å². The minimum Gasteiger partial charge on any atom is -0.475 e. The minimum absolute atomic E-state index is 0.00701. The lowest BCUT2D eigenvalue weighted by atomic mass is 9.85. The van der Waals surface area contributed by atoms with Crippen LogP contribution in [0.1, 0.15) is 76.4 Å². The summed E-state index contributed by atoms with van der Waals surface area (Å²) in [6.07, 6.45) is 3.06. The third-order valence-electron chi connectivity index (χ3n) is 10.8. The molecule has 1 saturated heterocycles. The molecule has 0 aliphatic carbocycles. The van der Waals surface area contributed by atoms with Crippen molar-refractivity contribution >= 4 is 75.3 Å². The number of amides is 5. The van der Waals surface area contributed by atoms with Gasteiger partial charge in [0, 0.05) is 51.8 Å². The molecule has 21 heteroatoms. The van der Waals surface area contributed by atoms with Gasteiger partial charge in [0.1, 0.15) is 24.4 Å². The summed E-state index contributed by atoms with van der Waals surface area (Å²) in [7, 11) is 1.53. The summed E-state index contributed by atoms with van der Waals surface area (Å²) in [5.74, 6) is -0.910. The molecule has 1 aliphatic heterocycles. The number of anilines is 2. The van der Waals surface area contributed by atoms with Gasteiger partial charge in [0.2, 0.25) is 23.6 Å². The fraction of sp³-hybridized carbons (Fsp3) is 0.455. The van der Waals surface area contributed by atoms with Gasteiger partial charge in [0.25, 0.3) is 0 Å². The molecule has 0 saturated carbocycles. The Morgan fingerprint density at radius 2 is 1.75 bits per heavy atom. The summed E-state index contributed by atoms with van der Waals surface area (Å²) in [5.41, 5.74) is 5.65. The van der Waals surface area contributed by atoms with E-state index in [9.17, 15) is 24.3 Å². The number of urea groups is 1. The van der Waals surface area contributed by atoms with E-state index in [1.54, 1.807) is 24.3 Å². The number of ether oxygens (including phenoxy) is 2. The van der Waals surface area contributed by atoms with Crippen molar-refractivity contribution in [1.82, 2.24) is 45.4 Å². The standard InChI is InChI=1S/C44H55Cl2N11O7S/c1-25-38(65-24-51-25)28-12-10-27(11-13-28)20-49-40(60)33-18-30(58)23-56(33)42(61)39(44(3,4)5)54-36(59)9-7-8-14-47-15-16-64-41-31(17-29(45)21-50-41)52-43(62)53-32-22-48-35-19-34(46)55-57(35)37(32)26(2)63-6/h10-13,17,19,21-22,24,26,30,33,39,47,58H,7-9,14-16,18,20,23H2,1-6H3,(H,49,60)(H,54,59)(H2,52,53,62)/t26?,30-,33+,39?/m1/s1. The molecule has 65 heavy (non-hydrogen) atoms. The molecule has 1 aliphatic rings. The first-order valence-corrected chi connectivity index (χ1v) is 22.8. The Balaban J connectivity index is 0.925.